The van der Waals surface area contributed by atoms with Gasteiger partial charge in [-0.15, -0.1) is 0 Å². The Morgan fingerprint density at radius 2 is 1.86 bits per heavy atom. The van der Waals surface area contributed by atoms with Crippen LogP contribution in [0.15, 0.2) is 12.3 Å². The highest BCUT2D eigenvalue weighted by Gasteiger charge is 2.60. The molecule has 0 spiro atoms. The van der Waals surface area contributed by atoms with E-state index in [2.05, 4.69) is 24.1 Å². The van der Waals surface area contributed by atoms with Crippen molar-refractivity contribution in [1.29, 1.82) is 0 Å². The van der Waals surface area contributed by atoms with Crippen LogP contribution in [0.5, 0.6) is 0 Å². The van der Waals surface area contributed by atoms with Crippen LogP contribution in [0.25, 0.3) is 0 Å². The van der Waals surface area contributed by atoms with E-state index in [0.29, 0.717) is 21.5 Å². The summed E-state index contributed by atoms with van der Waals surface area (Å²) >= 11 is 5.97. The van der Waals surface area contributed by atoms with Crippen LogP contribution in [-0.4, -0.2) is 10.5 Å². The minimum absolute atomic E-state index is 0.178. The van der Waals surface area contributed by atoms with Crippen molar-refractivity contribution in [1.82, 2.24) is 4.98 Å². The Hall–Kier alpha value is -0.960. The van der Waals surface area contributed by atoms with Crippen molar-refractivity contribution in [3.8, 4) is 0 Å². The van der Waals surface area contributed by atoms with E-state index in [-0.39, 0.29) is 5.54 Å². The van der Waals surface area contributed by atoms with Gasteiger partial charge < -0.3 is 11.1 Å². The maximum atomic E-state index is 6.11. The van der Waals surface area contributed by atoms with Crippen molar-refractivity contribution < 1.29 is 0 Å². The predicted molar refractivity (Wildman–Crippen MR) is 87.4 cm³/mol. The second kappa shape index (κ2) is 4.07. The first kappa shape index (κ1) is 13.7. The van der Waals surface area contributed by atoms with E-state index in [1.54, 1.807) is 12.3 Å². The van der Waals surface area contributed by atoms with Gasteiger partial charge in [0.25, 0.3) is 0 Å². The van der Waals surface area contributed by atoms with E-state index >= 15 is 0 Å². The first-order valence-corrected chi connectivity index (χ1v) is 8.36. The summed E-state index contributed by atoms with van der Waals surface area (Å²) in [7, 11) is 0. The fraction of sp³-hybridized carbons (Fsp3) is 0.706. The Kier molecular flexibility index (Phi) is 2.65. The van der Waals surface area contributed by atoms with Crippen LogP contribution in [0, 0.1) is 16.7 Å². The second-order valence-electron chi connectivity index (χ2n) is 8.63. The van der Waals surface area contributed by atoms with Gasteiger partial charge in [-0.05, 0) is 61.3 Å². The van der Waals surface area contributed by atoms with Crippen LogP contribution in [-0.2, 0) is 0 Å². The largest absolute Gasteiger partial charge is 0.396 e. The summed E-state index contributed by atoms with van der Waals surface area (Å²) < 4.78 is 0. The number of hydrogen-bond donors (Lipinski definition) is 2. The molecule has 4 saturated carbocycles. The molecule has 1 aromatic heterocycles. The van der Waals surface area contributed by atoms with Crippen LogP contribution < -0.4 is 11.1 Å². The van der Waals surface area contributed by atoms with Crippen molar-refractivity contribution in [2.24, 2.45) is 16.7 Å². The molecule has 114 valence electrons. The molecule has 2 unspecified atom stereocenters. The summed E-state index contributed by atoms with van der Waals surface area (Å²) in [6.07, 6.45) is 9.62. The summed E-state index contributed by atoms with van der Waals surface area (Å²) in [6, 6.07) is 1.79. The summed E-state index contributed by atoms with van der Waals surface area (Å²) in [5, 5.41) is 4.34. The lowest BCUT2D eigenvalue weighted by atomic mass is 9.43. The molecule has 0 saturated heterocycles. The zero-order chi connectivity index (χ0) is 14.9. The maximum absolute atomic E-state index is 6.11. The van der Waals surface area contributed by atoms with Gasteiger partial charge in [-0.3, -0.25) is 0 Å². The third-order valence-corrected chi connectivity index (χ3v) is 6.10. The molecule has 0 aliphatic heterocycles. The molecule has 1 aromatic rings. The molecule has 4 aliphatic carbocycles. The van der Waals surface area contributed by atoms with E-state index in [0.717, 1.165) is 11.7 Å². The zero-order valence-electron chi connectivity index (χ0n) is 12.9. The average Bonchev–Trinajstić information content (AvgIpc) is 2.28. The van der Waals surface area contributed by atoms with Crippen molar-refractivity contribution in [2.45, 2.75) is 57.9 Å². The third kappa shape index (κ3) is 2.21. The van der Waals surface area contributed by atoms with Gasteiger partial charge in [0.15, 0.2) is 0 Å². The molecule has 0 aromatic carbocycles. The van der Waals surface area contributed by atoms with Crippen LogP contribution in [0.4, 0.5) is 11.5 Å². The third-order valence-electron chi connectivity index (χ3n) is 5.89. The Morgan fingerprint density at radius 3 is 2.43 bits per heavy atom. The van der Waals surface area contributed by atoms with E-state index < -0.39 is 0 Å². The van der Waals surface area contributed by atoms with Gasteiger partial charge in [0, 0.05) is 11.7 Å². The quantitative estimate of drug-likeness (QED) is 0.847. The van der Waals surface area contributed by atoms with Crippen LogP contribution in [0.2, 0.25) is 5.02 Å². The molecule has 3 nitrogen and oxygen atoms in total. The molecule has 4 aliphatic rings. The molecule has 4 fully saturated rings. The van der Waals surface area contributed by atoms with Gasteiger partial charge in [0.05, 0.1) is 10.7 Å². The number of hydrogen-bond acceptors (Lipinski definition) is 3. The van der Waals surface area contributed by atoms with Gasteiger partial charge in [-0.25, -0.2) is 4.98 Å². The van der Waals surface area contributed by atoms with E-state index in [9.17, 15) is 0 Å². The van der Waals surface area contributed by atoms with Crippen molar-refractivity contribution in [3.05, 3.63) is 17.3 Å². The lowest BCUT2D eigenvalue weighted by Crippen LogP contribution is -2.61. The molecule has 5 rings (SSSR count). The van der Waals surface area contributed by atoms with Crippen LogP contribution in [0.3, 0.4) is 0 Å². The van der Waals surface area contributed by atoms with Gasteiger partial charge in [0.1, 0.15) is 5.82 Å². The van der Waals surface area contributed by atoms with Crippen molar-refractivity contribution in [3.63, 3.8) is 0 Å². The first-order valence-electron chi connectivity index (χ1n) is 7.98. The number of anilines is 2. The van der Waals surface area contributed by atoms with Gasteiger partial charge in [-0.2, -0.15) is 0 Å². The fourth-order valence-corrected chi connectivity index (χ4v) is 6.56. The number of halogens is 1. The molecular formula is C17H24ClN3. The smallest absolute Gasteiger partial charge is 0.149 e. The van der Waals surface area contributed by atoms with Crippen LogP contribution >= 0.6 is 11.6 Å². The number of nitrogens with zero attached hydrogens (tertiary/aromatic N) is 1. The number of nitrogens with one attached hydrogen (secondary N) is 1. The molecule has 0 amide bonds. The lowest BCUT2D eigenvalue weighted by molar-refractivity contribution is -0.0973. The highest BCUT2D eigenvalue weighted by Crippen LogP contribution is 2.66. The average molecular weight is 306 g/mol. The molecule has 4 heteroatoms. The topological polar surface area (TPSA) is 50.9 Å². The standard InChI is InChI=1S/C17H24ClN3/c1-15-4-11-5-16(2,8-15)10-17(6-11,9-15)21-14-13(19)3-12(18)7-20-14/h3,7,11H,4-6,8-10,19H2,1-2H3,(H,20,21). The number of nitrogens with two attached hydrogens (primary N) is 1. The Balaban J connectivity index is 1.68. The Morgan fingerprint density at radius 1 is 1.19 bits per heavy atom. The summed E-state index contributed by atoms with van der Waals surface area (Å²) in [4.78, 5) is 4.43. The Labute approximate surface area is 131 Å². The fourth-order valence-electron chi connectivity index (χ4n) is 6.40. The second-order valence-corrected chi connectivity index (χ2v) is 9.06. The van der Waals surface area contributed by atoms with E-state index in [1.165, 1.54) is 38.5 Å². The maximum Gasteiger partial charge on any atom is 0.149 e. The summed E-state index contributed by atoms with van der Waals surface area (Å²) in [6.45, 7) is 4.95. The number of nitrogen functional groups attached to an aromatic ring is 1. The summed E-state index contributed by atoms with van der Waals surface area (Å²) in [5.74, 6) is 1.67. The molecule has 3 N–H and O–H groups in total. The van der Waals surface area contributed by atoms with Crippen molar-refractivity contribution >= 4 is 23.1 Å². The lowest BCUT2D eigenvalue weighted by Gasteiger charge is -2.65. The van der Waals surface area contributed by atoms with Gasteiger partial charge >= 0.3 is 0 Å². The van der Waals surface area contributed by atoms with Crippen molar-refractivity contribution in [2.75, 3.05) is 11.1 Å². The molecule has 4 bridgehead atoms. The Bertz CT molecular complexity index is 582. The molecular weight excluding hydrogens is 282 g/mol. The molecule has 1 heterocycles. The normalized spacial score (nSPS) is 44.0. The number of aromatic nitrogens is 1. The molecule has 2 atom stereocenters. The SMILES string of the molecule is CC12CC3CC(C)(C1)CC(Nc1ncc(Cl)cc1N)(C3)C2. The van der Waals surface area contributed by atoms with Gasteiger partial charge in [-0.1, -0.05) is 25.4 Å². The minimum atomic E-state index is 0.178. The number of rotatable bonds is 2. The minimum Gasteiger partial charge on any atom is -0.396 e. The van der Waals surface area contributed by atoms with Crippen LogP contribution in [0.1, 0.15) is 52.4 Å². The highest BCUT2D eigenvalue weighted by atomic mass is 35.5. The molecule has 21 heavy (non-hydrogen) atoms. The first-order chi connectivity index (χ1) is 9.79. The predicted octanol–water partition coefficient (Wildman–Crippen LogP) is 4.48. The summed E-state index contributed by atoms with van der Waals surface area (Å²) in [5.41, 5.74) is 7.92. The van der Waals surface area contributed by atoms with E-state index in [4.69, 9.17) is 17.3 Å². The highest BCUT2D eigenvalue weighted by molar-refractivity contribution is 6.30. The number of pyridine rings is 1. The van der Waals surface area contributed by atoms with Gasteiger partial charge in [0.2, 0.25) is 0 Å². The van der Waals surface area contributed by atoms with E-state index in [1.807, 2.05) is 0 Å². The monoisotopic (exact) mass is 305 g/mol. The zero-order valence-corrected chi connectivity index (χ0v) is 13.6. The molecule has 0 radical (unpaired) electrons.